The number of fused-ring (bicyclic) bond motifs is 3. The fourth-order valence-electron chi connectivity index (χ4n) is 4.92. The second kappa shape index (κ2) is 7.84. The first-order valence-corrected chi connectivity index (χ1v) is 10.5. The van der Waals surface area contributed by atoms with Crippen LogP contribution in [0.25, 0.3) is 11.1 Å². The van der Waals surface area contributed by atoms with Crippen molar-refractivity contribution in [1.29, 1.82) is 0 Å². The van der Waals surface area contributed by atoms with Crippen LogP contribution in [0.3, 0.4) is 0 Å². The molecule has 0 aliphatic heterocycles. The highest BCUT2D eigenvalue weighted by molar-refractivity contribution is 5.90. The molecule has 5 rings (SSSR count). The predicted molar refractivity (Wildman–Crippen MR) is 130 cm³/mol. The summed E-state index contributed by atoms with van der Waals surface area (Å²) in [5, 5.41) is 5.25. The zero-order valence-corrected chi connectivity index (χ0v) is 17.7. The van der Waals surface area contributed by atoms with E-state index in [9.17, 15) is 9.59 Å². The van der Waals surface area contributed by atoms with Gasteiger partial charge in [0, 0.05) is 11.4 Å². The van der Waals surface area contributed by atoms with Crippen LogP contribution < -0.4 is 22.1 Å². The van der Waals surface area contributed by atoms with Crippen molar-refractivity contribution in [3.63, 3.8) is 0 Å². The number of rotatable bonds is 4. The molecule has 0 aromatic heterocycles. The number of carbonyl (C=O) groups excluding carboxylic acids is 2. The van der Waals surface area contributed by atoms with E-state index in [0.717, 1.165) is 22.3 Å². The van der Waals surface area contributed by atoms with Crippen molar-refractivity contribution >= 4 is 23.4 Å². The number of nitrogens with one attached hydrogen (secondary N) is 2. The van der Waals surface area contributed by atoms with Gasteiger partial charge in [-0.15, -0.1) is 0 Å². The van der Waals surface area contributed by atoms with Crippen LogP contribution in [-0.4, -0.2) is 12.1 Å². The SMILES string of the molecule is NC(=O)Nc1ccc(C2(c3ccc(NC(N)=O)cc3)c3ccccc3-c3ccccc32)cc1. The molecule has 0 spiro atoms. The molecule has 33 heavy (non-hydrogen) atoms. The van der Waals surface area contributed by atoms with Crippen LogP contribution in [0.1, 0.15) is 22.3 Å². The summed E-state index contributed by atoms with van der Waals surface area (Å²) in [6, 6.07) is 31.0. The normalized spacial score (nSPS) is 13.0. The maximum atomic E-state index is 11.3. The minimum absolute atomic E-state index is 0.580. The molecule has 4 amide bonds. The Morgan fingerprint density at radius 3 is 1.27 bits per heavy atom. The molecule has 1 aliphatic carbocycles. The van der Waals surface area contributed by atoms with Gasteiger partial charge in [0.05, 0.1) is 5.41 Å². The summed E-state index contributed by atoms with van der Waals surface area (Å²) in [5.74, 6) is 0. The Hall–Kier alpha value is -4.58. The predicted octanol–water partition coefficient (Wildman–Crippen LogP) is 5.03. The molecule has 4 aromatic rings. The molecular formula is C27H22N4O2. The number of primary amides is 2. The first kappa shape index (κ1) is 20.3. The number of benzene rings is 4. The van der Waals surface area contributed by atoms with Gasteiger partial charge in [-0.3, -0.25) is 0 Å². The summed E-state index contributed by atoms with van der Waals surface area (Å²) < 4.78 is 0. The summed E-state index contributed by atoms with van der Waals surface area (Å²) in [5.41, 5.74) is 18.0. The number of nitrogens with two attached hydrogens (primary N) is 2. The molecular weight excluding hydrogens is 412 g/mol. The van der Waals surface area contributed by atoms with Crippen LogP contribution in [0.15, 0.2) is 97.1 Å². The largest absolute Gasteiger partial charge is 0.351 e. The van der Waals surface area contributed by atoms with Gasteiger partial charge < -0.3 is 22.1 Å². The average Bonchev–Trinajstić information content (AvgIpc) is 3.11. The lowest BCUT2D eigenvalue weighted by molar-refractivity contribution is 0.258. The van der Waals surface area contributed by atoms with E-state index in [2.05, 4.69) is 34.9 Å². The van der Waals surface area contributed by atoms with Crippen LogP contribution in [0.5, 0.6) is 0 Å². The highest BCUT2D eigenvalue weighted by Crippen LogP contribution is 2.56. The molecule has 0 unspecified atom stereocenters. The van der Waals surface area contributed by atoms with Crippen molar-refractivity contribution in [2.45, 2.75) is 5.41 Å². The third-order valence-electron chi connectivity index (χ3n) is 6.12. The van der Waals surface area contributed by atoms with Gasteiger partial charge >= 0.3 is 12.1 Å². The van der Waals surface area contributed by atoms with Gasteiger partial charge in [-0.2, -0.15) is 0 Å². The average molecular weight is 434 g/mol. The summed E-state index contributed by atoms with van der Waals surface area (Å²) in [6.07, 6.45) is 0. The van der Waals surface area contributed by atoms with E-state index in [1.807, 2.05) is 72.8 Å². The zero-order valence-electron chi connectivity index (χ0n) is 17.7. The van der Waals surface area contributed by atoms with Crippen molar-refractivity contribution in [2.24, 2.45) is 11.5 Å². The smallest absolute Gasteiger partial charge is 0.316 e. The van der Waals surface area contributed by atoms with Crippen molar-refractivity contribution in [3.05, 3.63) is 119 Å². The molecule has 0 saturated heterocycles. The van der Waals surface area contributed by atoms with E-state index in [4.69, 9.17) is 11.5 Å². The lowest BCUT2D eigenvalue weighted by atomic mass is 9.67. The molecule has 0 fully saturated rings. The van der Waals surface area contributed by atoms with E-state index in [-0.39, 0.29) is 0 Å². The standard InChI is InChI=1S/C27H22N4O2/c28-25(32)30-19-13-9-17(10-14-19)27(18-11-15-20(16-12-18)31-26(29)33)23-7-3-1-5-21(23)22-6-2-4-8-24(22)27/h1-16H,(H3,28,30,32)(H3,29,31,33). The van der Waals surface area contributed by atoms with Gasteiger partial charge in [-0.1, -0.05) is 72.8 Å². The molecule has 4 aromatic carbocycles. The Kier molecular flexibility index (Phi) is 4.83. The van der Waals surface area contributed by atoms with Crippen molar-refractivity contribution < 1.29 is 9.59 Å². The van der Waals surface area contributed by atoms with Crippen LogP contribution >= 0.6 is 0 Å². The number of urea groups is 2. The van der Waals surface area contributed by atoms with E-state index in [1.54, 1.807) is 0 Å². The Labute approximate surface area is 191 Å². The molecule has 0 saturated carbocycles. The number of amides is 4. The van der Waals surface area contributed by atoms with Crippen LogP contribution in [-0.2, 0) is 5.41 Å². The minimum atomic E-state index is -0.605. The van der Waals surface area contributed by atoms with Crippen LogP contribution in [0.4, 0.5) is 21.0 Å². The summed E-state index contributed by atoms with van der Waals surface area (Å²) in [7, 11) is 0. The number of hydrogen-bond donors (Lipinski definition) is 4. The van der Waals surface area contributed by atoms with Gasteiger partial charge in [-0.05, 0) is 57.6 Å². The molecule has 1 aliphatic rings. The topological polar surface area (TPSA) is 110 Å². The first-order valence-electron chi connectivity index (χ1n) is 10.5. The molecule has 162 valence electrons. The van der Waals surface area contributed by atoms with Crippen LogP contribution in [0, 0.1) is 0 Å². The molecule has 6 N–H and O–H groups in total. The highest BCUT2D eigenvalue weighted by atomic mass is 16.2. The lowest BCUT2D eigenvalue weighted by Gasteiger charge is -2.34. The van der Waals surface area contributed by atoms with Gasteiger partial charge in [0.15, 0.2) is 0 Å². The molecule has 0 heterocycles. The van der Waals surface area contributed by atoms with Gasteiger partial charge in [0.1, 0.15) is 0 Å². The Morgan fingerprint density at radius 1 is 0.545 bits per heavy atom. The fourth-order valence-corrected chi connectivity index (χ4v) is 4.92. The maximum absolute atomic E-state index is 11.3. The van der Waals surface area contributed by atoms with Crippen molar-refractivity contribution in [2.75, 3.05) is 10.6 Å². The second-order valence-electron chi connectivity index (χ2n) is 7.97. The molecule has 0 atom stereocenters. The van der Waals surface area contributed by atoms with Crippen LogP contribution in [0.2, 0.25) is 0 Å². The highest BCUT2D eigenvalue weighted by Gasteiger charge is 2.45. The van der Waals surface area contributed by atoms with Gasteiger partial charge in [0.25, 0.3) is 0 Å². The zero-order chi connectivity index (χ0) is 23.0. The molecule has 0 radical (unpaired) electrons. The van der Waals surface area contributed by atoms with E-state index < -0.39 is 17.5 Å². The maximum Gasteiger partial charge on any atom is 0.316 e. The summed E-state index contributed by atoms with van der Waals surface area (Å²) in [6.45, 7) is 0. The number of hydrogen-bond acceptors (Lipinski definition) is 2. The third kappa shape index (κ3) is 3.29. The Morgan fingerprint density at radius 2 is 0.909 bits per heavy atom. The van der Waals surface area contributed by atoms with Gasteiger partial charge in [-0.25, -0.2) is 9.59 Å². The monoisotopic (exact) mass is 434 g/mol. The minimum Gasteiger partial charge on any atom is -0.351 e. The molecule has 0 bridgehead atoms. The van der Waals surface area contributed by atoms with Crippen molar-refractivity contribution in [1.82, 2.24) is 0 Å². The van der Waals surface area contributed by atoms with E-state index >= 15 is 0 Å². The Bertz CT molecular complexity index is 1250. The Balaban J connectivity index is 1.77. The quantitative estimate of drug-likeness (QED) is 0.318. The lowest BCUT2D eigenvalue weighted by Crippen LogP contribution is -2.28. The van der Waals surface area contributed by atoms with E-state index in [0.29, 0.717) is 11.4 Å². The number of anilines is 2. The first-order chi connectivity index (χ1) is 16.0. The molecule has 6 heteroatoms. The van der Waals surface area contributed by atoms with Gasteiger partial charge in [0.2, 0.25) is 0 Å². The fraction of sp³-hybridized carbons (Fsp3) is 0.0370. The number of carbonyl (C=O) groups is 2. The summed E-state index contributed by atoms with van der Waals surface area (Å²) >= 11 is 0. The third-order valence-corrected chi connectivity index (χ3v) is 6.12. The summed E-state index contributed by atoms with van der Waals surface area (Å²) in [4.78, 5) is 22.6. The molecule has 6 nitrogen and oxygen atoms in total. The van der Waals surface area contributed by atoms with Crippen molar-refractivity contribution in [3.8, 4) is 11.1 Å². The van der Waals surface area contributed by atoms with E-state index in [1.165, 1.54) is 11.1 Å². The second-order valence-corrected chi connectivity index (χ2v) is 7.97.